The number of amides is 2. The molecule has 0 spiro atoms. The lowest BCUT2D eigenvalue weighted by Gasteiger charge is -2.13. The minimum Gasteiger partial charge on any atom is -0.480 e. The van der Waals surface area contributed by atoms with E-state index in [-0.39, 0.29) is 5.56 Å². The van der Waals surface area contributed by atoms with Crippen LogP contribution in [0.3, 0.4) is 0 Å². The highest BCUT2D eigenvalue weighted by molar-refractivity contribution is 6.07. The van der Waals surface area contributed by atoms with Gasteiger partial charge in [0.1, 0.15) is 6.04 Å². The molecule has 0 aliphatic carbocycles. The number of carbonyl (C=O) groups is 3. The maximum absolute atomic E-state index is 12.2. The smallest absolute Gasteiger partial charge is 0.326 e. The van der Waals surface area contributed by atoms with E-state index in [0.29, 0.717) is 10.9 Å². The van der Waals surface area contributed by atoms with E-state index in [9.17, 15) is 14.4 Å². The van der Waals surface area contributed by atoms with Crippen molar-refractivity contribution in [1.29, 1.82) is 0 Å². The Hall–Kier alpha value is -2.96. The first kappa shape index (κ1) is 14.4. The fraction of sp³-hybridized carbons (Fsp3) is 0.143. The third-order valence-electron chi connectivity index (χ3n) is 2.90. The minimum absolute atomic E-state index is 0.288. The molecule has 1 atom stereocenters. The Bertz CT molecular complexity index is 709. The van der Waals surface area contributed by atoms with Gasteiger partial charge in [-0.1, -0.05) is 18.2 Å². The van der Waals surface area contributed by atoms with Crippen molar-refractivity contribution in [3.63, 3.8) is 0 Å². The topological polar surface area (TPSA) is 122 Å². The third-order valence-corrected chi connectivity index (χ3v) is 2.90. The molecule has 0 bridgehead atoms. The Labute approximate surface area is 119 Å². The van der Waals surface area contributed by atoms with Crippen molar-refractivity contribution >= 4 is 28.7 Å². The molecule has 7 heteroatoms. The number of primary amides is 1. The summed E-state index contributed by atoms with van der Waals surface area (Å²) in [5, 5.41) is 11.9. The predicted octanol–water partition coefficient (Wildman–Crippen LogP) is 0.293. The number of aromatic nitrogens is 1. The highest BCUT2D eigenvalue weighted by atomic mass is 16.4. The first-order valence-corrected chi connectivity index (χ1v) is 6.14. The van der Waals surface area contributed by atoms with E-state index in [1.807, 2.05) is 0 Å². The van der Waals surface area contributed by atoms with Gasteiger partial charge in [0.25, 0.3) is 5.91 Å². The van der Waals surface area contributed by atoms with Gasteiger partial charge in [-0.3, -0.25) is 14.6 Å². The van der Waals surface area contributed by atoms with Crippen LogP contribution < -0.4 is 11.1 Å². The summed E-state index contributed by atoms with van der Waals surface area (Å²) in [6.45, 7) is 0. The van der Waals surface area contributed by atoms with Crippen molar-refractivity contribution in [2.75, 3.05) is 0 Å². The van der Waals surface area contributed by atoms with Crippen molar-refractivity contribution in [1.82, 2.24) is 10.3 Å². The molecular weight excluding hydrogens is 274 g/mol. The van der Waals surface area contributed by atoms with E-state index in [0.717, 1.165) is 0 Å². The van der Waals surface area contributed by atoms with Crippen LogP contribution in [0, 0.1) is 0 Å². The molecule has 1 heterocycles. The van der Waals surface area contributed by atoms with Gasteiger partial charge < -0.3 is 16.2 Å². The van der Waals surface area contributed by atoms with Gasteiger partial charge in [0.2, 0.25) is 5.91 Å². The van der Waals surface area contributed by atoms with E-state index < -0.39 is 30.2 Å². The molecule has 1 aromatic carbocycles. The van der Waals surface area contributed by atoms with Crippen molar-refractivity contribution < 1.29 is 19.5 Å². The number of para-hydroxylation sites is 1. The van der Waals surface area contributed by atoms with Gasteiger partial charge in [0.05, 0.1) is 17.5 Å². The summed E-state index contributed by atoms with van der Waals surface area (Å²) in [5.41, 5.74) is 5.88. The highest BCUT2D eigenvalue weighted by Gasteiger charge is 2.23. The molecule has 2 rings (SSSR count). The second kappa shape index (κ2) is 6.00. The Balaban J connectivity index is 2.29. The molecule has 2 amide bonds. The number of nitrogens with one attached hydrogen (secondary N) is 1. The average Bonchev–Trinajstić information content (AvgIpc) is 2.45. The summed E-state index contributed by atoms with van der Waals surface area (Å²) in [4.78, 5) is 38.2. The maximum Gasteiger partial charge on any atom is 0.326 e. The van der Waals surface area contributed by atoms with Crippen molar-refractivity contribution in [2.45, 2.75) is 12.5 Å². The zero-order valence-electron chi connectivity index (χ0n) is 10.9. The Morgan fingerprint density at radius 3 is 2.62 bits per heavy atom. The van der Waals surface area contributed by atoms with Crippen LogP contribution in [0.15, 0.2) is 36.5 Å². The number of aliphatic carboxylic acids is 1. The van der Waals surface area contributed by atoms with Gasteiger partial charge >= 0.3 is 5.97 Å². The van der Waals surface area contributed by atoms with Crippen LogP contribution in [0.2, 0.25) is 0 Å². The lowest BCUT2D eigenvalue weighted by molar-refractivity contribution is -0.140. The molecule has 0 aliphatic rings. The molecule has 21 heavy (non-hydrogen) atoms. The van der Waals surface area contributed by atoms with E-state index >= 15 is 0 Å². The van der Waals surface area contributed by atoms with E-state index in [4.69, 9.17) is 10.8 Å². The number of benzene rings is 1. The molecule has 1 aromatic heterocycles. The number of rotatable bonds is 5. The molecule has 1 unspecified atom stereocenters. The summed E-state index contributed by atoms with van der Waals surface area (Å²) in [5.74, 6) is -2.72. The maximum atomic E-state index is 12.2. The van der Waals surface area contributed by atoms with Gasteiger partial charge in [0.15, 0.2) is 0 Å². The summed E-state index contributed by atoms with van der Waals surface area (Å²) >= 11 is 0. The normalized spacial score (nSPS) is 11.8. The third kappa shape index (κ3) is 3.33. The highest BCUT2D eigenvalue weighted by Crippen LogP contribution is 2.16. The van der Waals surface area contributed by atoms with Crippen LogP contribution in [-0.4, -0.2) is 33.9 Å². The number of pyridine rings is 1. The summed E-state index contributed by atoms with van der Waals surface area (Å²) in [6.07, 6.45) is 0.991. The number of nitrogens with two attached hydrogens (primary N) is 1. The van der Waals surface area contributed by atoms with Gasteiger partial charge in [0, 0.05) is 11.6 Å². The summed E-state index contributed by atoms with van der Waals surface area (Å²) < 4.78 is 0. The van der Waals surface area contributed by atoms with Crippen LogP contribution in [-0.2, 0) is 9.59 Å². The molecule has 0 radical (unpaired) electrons. The zero-order valence-corrected chi connectivity index (χ0v) is 10.9. The van der Waals surface area contributed by atoms with Crippen LogP contribution in [0.25, 0.3) is 10.9 Å². The fourth-order valence-corrected chi connectivity index (χ4v) is 1.93. The molecule has 0 saturated carbocycles. The number of hydrogen-bond acceptors (Lipinski definition) is 4. The van der Waals surface area contributed by atoms with Crippen molar-refractivity contribution in [3.8, 4) is 0 Å². The predicted molar refractivity (Wildman–Crippen MR) is 74.4 cm³/mol. The van der Waals surface area contributed by atoms with Gasteiger partial charge in [-0.05, 0) is 12.1 Å². The number of carboxylic acids is 1. The van der Waals surface area contributed by atoms with E-state index in [1.165, 1.54) is 12.3 Å². The minimum atomic E-state index is -1.36. The Morgan fingerprint density at radius 1 is 1.24 bits per heavy atom. The Morgan fingerprint density at radius 2 is 1.95 bits per heavy atom. The number of carboxylic acid groups (broad SMARTS) is 1. The fourth-order valence-electron chi connectivity index (χ4n) is 1.93. The van der Waals surface area contributed by atoms with Crippen LogP contribution in [0.5, 0.6) is 0 Å². The summed E-state index contributed by atoms with van der Waals surface area (Å²) in [7, 11) is 0. The molecule has 7 nitrogen and oxygen atoms in total. The molecular formula is C14H13N3O4. The quantitative estimate of drug-likeness (QED) is 0.729. The number of carbonyl (C=O) groups excluding carboxylic acids is 2. The van der Waals surface area contributed by atoms with Crippen molar-refractivity contribution in [3.05, 3.63) is 42.1 Å². The van der Waals surface area contributed by atoms with Gasteiger partial charge in [-0.25, -0.2) is 4.79 Å². The zero-order chi connectivity index (χ0) is 15.4. The first-order valence-electron chi connectivity index (χ1n) is 6.14. The Kier molecular flexibility index (Phi) is 4.13. The lowest BCUT2D eigenvalue weighted by Crippen LogP contribution is -2.43. The molecule has 0 fully saturated rings. The van der Waals surface area contributed by atoms with Crippen LogP contribution >= 0.6 is 0 Å². The first-order chi connectivity index (χ1) is 9.99. The largest absolute Gasteiger partial charge is 0.480 e. The molecule has 108 valence electrons. The van der Waals surface area contributed by atoms with E-state index in [2.05, 4.69) is 10.3 Å². The van der Waals surface area contributed by atoms with Crippen LogP contribution in [0.1, 0.15) is 16.8 Å². The van der Waals surface area contributed by atoms with E-state index in [1.54, 1.807) is 24.3 Å². The molecule has 4 N–H and O–H groups in total. The molecule has 2 aromatic rings. The molecule has 0 aliphatic heterocycles. The SMILES string of the molecule is NC(=O)CC(NC(=O)c1ccnc2ccccc12)C(=O)O. The second-order valence-corrected chi connectivity index (χ2v) is 4.41. The second-order valence-electron chi connectivity index (χ2n) is 4.41. The summed E-state index contributed by atoms with van der Waals surface area (Å²) in [6, 6.07) is 7.11. The number of hydrogen-bond donors (Lipinski definition) is 3. The van der Waals surface area contributed by atoms with Gasteiger partial charge in [-0.15, -0.1) is 0 Å². The number of fused-ring (bicyclic) bond motifs is 1. The monoisotopic (exact) mass is 287 g/mol. The van der Waals surface area contributed by atoms with Crippen LogP contribution in [0.4, 0.5) is 0 Å². The lowest BCUT2D eigenvalue weighted by atomic mass is 10.1. The number of nitrogens with zero attached hydrogens (tertiary/aromatic N) is 1. The average molecular weight is 287 g/mol. The van der Waals surface area contributed by atoms with Gasteiger partial charge in [-0.2, -0.15) is 0 Å². The van der Waals surface area contributed by atoms with Crippen molar-refractivity contribution in [2.24, 2.45) is 5.73 Å². The standard InChI is InChI=1S/C14H13N3O4/c15-12(18)7-11(14(20)21)17-13(19)9-5-6-16-10-4-2-1-3-8(9)10/h1-6,11H,7H2,(H2,15,18)(H,17,19)(H,20,21). The molecule has 0 saturated heterocycles.